The highest BCUT2D eigenvalue weighted by Crippen LogP contribution is 2.09. The third-order valence-corrected chi connectivity index (χ3v) is 1.66. The van der Waals surface area contributed by atoms with Crippen LogP contribution in [-0.4, -0.2) is 12.8 Å². The molecule has 0 unspecified atom stereocenters. The molecular formula is C9H12BN. The van der Waals surface area contributed by atoms with Crippen LogP contribution in [0.25, 0.3) is 0 Å². The van der Waals surface area contributed by atoms with Crippen LogP contribution in [0.5, 0.6) is 0 Å². The zero-order valence-electron chi connectivity index (χ0n) is 8.18. The number of rotatable bonds is 1. The molecule has 0 saturated carbocycles. The number of hydrogen-bond acceptors (Lipinski definition) is 1. The molecule has 0 spiro atoms. The minimum atomic E-state index is 0.331. The van der Waals surface area contributed by atoms with Gasteiger partial charge in [0.25, 0.3) is 0 Å². The van der Waals surface area contributed by atoms with Crippen LogP contribution in [0.3, 0.4) is 0 Å². The Bertz CT molecular complexity index is 274. The third kappa shape index (κ3) is 1.82. The molecule has 1 aromatic heterocycles. The summed E-state index contributed by atoms with van der Waals surface area (Å²) >= 11 is 0. The van der Waals surface area contributed by atoms with E-state index >= 15 is 0 Å². The molecule has 56 valence electrons. The largest absolute Gasteiger partial charge is 0.269 e. The van der Waals surface area contributed by atoms with E-state index in [2.05, 4.69) is 4.98 Å². The Balaban J connectivity index is 3.21. The second-order valence-electron chi connectivity index (χ2n) is 2.99. The summed E-state index contributed by atoms with van der Waals surface area (Å²) in [5, 5.41) is 0. The smallest absolute Gasteiger partial charge is 0.142 e. The van der Waals surface area contributed by atoms with Crippen molar-refractivity contribution in [2.45, 2.75) is 26.7 Å². The van der Waals surface area contributed by atoms with Crippen LogP contribution in [0.4, 0.5) is 0 Å². The van der Waals surface area contributed by atoms with E-state index in [0.29, 0.717) is 17.6 Å². The summed E-state index contributed by atoms with van der Waals surface area (Å²) in [6.45, 7) is 5.89. The minimum absolute atomic E-state index is 0.331. The molecule has 1 heterocycles. The van der Waals surface area contributed by atoms with Gasteiger partial charge in [0.2, 0.25) is 0 Å². The summed E-state index contributed by atoms with van der Waals surface area (Å²) in [5.74, 6) is 0.331. The molecule has 0 aromatic carbocycles. The fourth-order valence-electron chi connectivity index (χ4n) is 0.807. The lowest BCUT2D eigenvalue weighted by Gasteiger charge is -2.06. The highest BCUT2D eigenvalue weighted by atomic mass is 14.7. The first-order valence-electron chi connectivity index (χ1n) is 4.26. The van der Waals surface area contributed by atoms with Gasteiger partial charge in [0.15, 0.2) is 0 Å². The van der Waals surface area contributed by atoms with Gasteiger partial charge in [0.1, 0.15) is 7.85 Å². The van der Waals surface area contributed by atoms with Crippen molar-refractivity contribution >= 4 is 13.4 Å². The highest BCUT2D eigenvalue weighted by molar-refractivity contribution is 6.31. The molecule has 2 heteroatoms. The lowest BCUT2D eigenvalue weighted by Crippen LogP contribution is -2.14. The van der Waals surface area contributed by atoms with E-state index in [1.54, 1.807) is 6.07 Å². The quantitative estimate of drug-likeness (QED) is 0.544. The molecule has 0 saturated heterocycles. The van der Waals surface area contributed by atoms with Gasteiger partial charge in [-0.3, -0.25) is 4.98 Å². The summed E-state index contributed by atoms with van der Waals surface area (Å²) in [7, 11) is 5.63. The summed E-state index contributed by atoms with van der Waals surface area (Å²) in [6.07, 6.45) is 0. The molecule has 0 aliphatic carbocycles. The van der Waals surface area contributed by atoms with Crippen LogP contribution in [0.1, 0.15) is 32.4 Å². The van der Waals surface area contributed by atoms with Gasteiger partial charge in [-0.15, -0.1) is 0 Å². The molecule has 0 amide bonds. The first-order valence-corrected chi connectivity index (χ1v) is 3.76. The van der Waals surface area contributed by atoms with Crippen molar-refractivity contribution < 1.29 is 1.37 Å². The van der Waals surface area contributed by atoms with Gasteiger partial charge in [-0.2, -0.15) is 0 Å². The summed E-state index contributed by atoms with van der Waals surface area (Å²) in [4.78, 5) is 4.19. The molecule has 1 aromatic rings. The fourth-order valence-corrected chi connectivity index (χ4v) is 0.807. The number of hydrogen-bond donors (Lipinski definition) is 0. The molecular weight excluding hydrogens is 133 g/mol. The molecule has 0 atom stereocenters. The van der Waals surface area contributed by atoms with Gasteiger partial charge in [-0.1, -0.05) is 19.9 Å². The van der Waals surface area contributed by atoms with Crippen LogP contribution in [0.2, 0.25) is 0 Å². The van der Waals surface area contributed by atoms with Crippen molar-refractivity contribution in [2.24, 2.45) is 0 Å². The Hall–Kier alpha value is -0.785. The third-order valence-electron chi connectivity index (χ3n) is 1.66. The van der Waals surface area contributed by atoms with Crippen LogP contribution in [0.15, 0.2) is 12.1 Å². The van der Waals surface area contributed by atoms with Gasteiger partial charge in [-0.05, 0) is 30.1 Å². The standard InChI is InChI=1S/C9H12BN/c1-6(2)8-5-4-7(3)9(10)11-8/h4-6H,1-3H3/i4D. The Morgan fingerprint density at radius 2 is 2.27 bits per heavy atom. The molecule has 0 fully saturated rings. The second kappa shape index (κ2) is 3.08. The number of pyridine rings is 1. The lowest BCUT2D eigenvalue weighted by molar-refractivity contribution is 0.826. The minimum Gasteiger partial charge on any atom is -0.269 e. The van der Waals surface area contributed by atoms with Gasteiger partial charge in [-0.25, -0.2) is 0 Å². The van der Waals surface area contributed by atoms with E-state index in [-0.39, 0.29) is 0 Å². The Morgan fingerprint density at radius 1 is 1.64 bits per heavy atom. The maximum Gasteiger partial charge on any atom is 0.142 e. The van der Waals surface area contributed by atoms with Crippen molar-refractivity contribution in [3.63, 3.8) is 0 Å². The highest BCUT2D eigenvalue weighted by Gasteiger charge is 2.00. The van der Waals surface area contributed by atoms with Crippen LogP contribution in [0, 0.1) is 6.92 Å². The molecule has 1 nitrogen and oxygen atoms in total. The predicted octanol–water partition coefficient (Wildman–Crippen LogP) is 1.31. The van der Waals surface area contributed by atoms with Gasteiger partial charge >= 0.3 is 0 Å². The van der Waals surface area contributed by atoms with Crippen molar-refractivity contribution in [2.75, 3.05) is 0 Å². The van der Waals surface area contributed by atoms with E-state index in [1.807, 2.05) is 20.8 Å². The molecule has 0 N–H and O–H groups in total. The maximum absolute atomic E-state index is 7.57. The Morgan fingerprint density at radius 3 is 2.73 bits per heavy atom. The summed E-state index contributed by atoms with van der Waals surface area (Å²) < 4.78 is 7.57. The topological polar surface area (TPSA) is 12.9 Å². The second-order valence-corrected chi connectivity index (χ2v) is 2.99. The van der Waals surface area contributed by atoms with Crippen LogP contribution < -0.4 is 5.59 Å². The zero-order chi connectivity index (χ0) is 9.30. The van der Waals surface area contributed by atoms with E-state index in [4.69, 9.17) is 9.22 Å². The van der Waals surface area contributed by atoms with E-state index in [0.717, 1.165) is 11.3 Å². The first kappa shape index (κ1) is 6.90. The average molecular weight is 146 g/mol. The monoisotopic (exact) mass is 146 g/mol. The van der Waals surface area contributed by atoms with Crippen molar-refractivity contribution in [3.05, 3.63) is 23.4 Å². The fraction of sp³-hybridized carbons (Fsp3) is 0.444. The SMILES string of the molecule is [2H]c1cc(C(C)C)nc([B])c1C. The molecule has 0 bridgehead atoms. The van der Waals surface area contributed by atoms with Gasteiger partial charge in [0, 0.05) is 5.69 Å². The van der Waals surface area contributed by atoms with Crippen LogP contribution in [-0.2, 0) is 0 Å². The van der Waals surface area contributed by atoms with E-state index in [1.165, 1.54) is 0 Å². The zero-order valence-corrected chi connectivity index (χ0v) is 7.18. The summed E-state index contributed by atoms with van der Waals surface area (Å²) in [5.41, 5.74) is 2.13. The van der Waals surface area contributed by atoms with Crippen molar-refractivity contribution in [1.82, 2.24) is 4.98 Å². The molecule has 0 aliphatic heterocycles. The van der Waals surface area contributed by atoms with Crippen molar-refractivity contribution in [3.8, 4) is 0 Å². The number of nitrogens with zero attached hydrogens (tertiary/aromatic N) is 1. The normalized spacial score (nSPS) is 11.8. The van der Waals surface area contributed by atoms with Gasteiger partial charge < -0.3 is 0 Å². The predicted molar refractivity (Wildman–Crippen MR) is 48.5 cm³/mol. The van der Waals surface area contributed by atoms with Crippen LogP contribution >= 0.6 is 0 Å². The number of aromatic nitrogens is 1. The Kier molecular flexibility index (Phi) is 1.93. The first-order chi connectivity index (χ1) is 5.52. The average Bonchev–Trinajstić information content (AvgIpc) is 1.99. The van der Waals surface area contributed by atoms with E-state index < -0.39 is 0 Å². The summed E-state index contributed by atoms with van der Waals surface area (Å²) in [6, 6.07) is 2.25. The Labute approximate surface area is 70.7 Å². The maximum atomic E-state index is 7.57. The van der Waals surface area contributed by atoms with Crippen molar-refractivity contribution in [1.29, 1.82) is 0 Å². The molecule has 2 radical (unpaired) electrons. The van der Waals surface area contributed by atoms with E-state index in [9.17, 15) is 0 Å². The molecule has 1 rings (SSSR count). The van der Waals surface area contributed by atoms with Gasteiger partial charge in [0.05, 0.1) is 1.37 Å². The molecule has 0 aliphatic rings. The lowest BCUT2D eigenvalue weighted by atomic mass is 9.96. The molecule has 11 heavy (non-hydrogen) atoms.